The highest BCUT2D eigenvalue weighted by molar-refractivity contribution is 6.08. The van der Waals surface area contributed by atoms with Crippen molar-refractivity contribution in [2.24, 2.45) is 0 Å². The maximum Gasteiger partial charge on any atom is 0.142 e. The van der Waals surface area contributed by atoms with Crippen LogP contribution in [0.25, 0.3) is 38.6 Å². The minimum atomic E-state index is 0.925. The van der Waals surface area contributed by atoms with Gasteiger partial charge in [0.1, 0.15) is 11.2 Å². The number of para-hydroxylation sites is 3. The zero-order chi connectivity index (χ0) is 21.9. The number of rotatable bonds is 5. The van der Waals surface area contributed by atoms with Crippen LogP contribution >= 0.6 is 0 Å². The van der Waals surface area contributed by atoms with Gasteiger partial charge in [0.15, 0.2) is 0 Å². The van der Waals surface area contributed by atoms with E-state index in [-0.39, 0.29) is 0 Å². The van der Waals surface area contributed by atoms with Crippen LogP contribution in [0.15, 0.2) is 119 Å². The van der Waals surface area contributed by atoms with E-state index in [0.717, 1.165) is 44.5 Å². The van der Waals surface area contributed by atoms with Crippen molar-refractivity contribution in [2.75, 3.05) is 5.32 Å². The zero-order valence-electron chi connectivity index (χ0n) is 18.3. The molecule has 1 N–H and O–H groups in total. The molecule has 5 rings (SSSR count). The predicted molar refractivity (Wildman–Crippen MR) is 137 cm³/mol. The topological polar surface area (TPSA) is 25.2 Å². The van der Waals surface area contributed by atoms with Crippen LogP contribution in [-0.4, -0.2) is 0 Å². The molecule has 0 aliphatic carbocycles. The van der Waals surface area contributed by atoms with E-state index in [0.29, 0.717) is 0 Å². The molecule has 5 aromatic rings. The largest absolute Gasteiger partial charge is 0.455 e. The number of fused-ring (bicyclic) bond motifs is 3. The smallest absolute Gasteiger partial charge is 0.142 e. The van der Waals surface area contributed by atoms with Crippen LogP contribution in [0.5, 0.6) is 0 Å². The second kappa shape index (κ2) is 8.60. The van der Waals surface area contributed by atoms with Crippen LogP contribution in [0.4, 0.5) is 5.69 Å². The Labute approximate surface area is 188 Å². The van der Waals surface area contributed by atoms with Crippen molar-refractivity contribution in [3.8, 4) is 11.1 Å². The van der Waals surface area contributed by atoms with E-state index in [1.165, 1.54) is 11.1 Å². The Kier molecular flexibility index (Phi) is 5.35. The van der Waals surface area contributed by atoms with E-state index >= 15 is 0 Å². The van der Waals surface area contributed by atoms with Crippen molar-refractivity contribution in [1.29, 1.82) is 0 Å². The third-order valence-corrected chi connectivity index (χ3v) is 5.76. The SMILES string of the molecule is C/C(=C\C=C(/C)c1cccc2c1oc1ccccc12)Nc1ccccc1-c1ccccc1. The number of hydrogen-bond donors (Lipinski definition) is 1. The molecule has 0 aliphatic rings. The van der Waals surface area contributed by atoms with Crippen LogP contribution < -0.4 is 5.32 Å². The summed E-state index contributed by atoms with van der Waals surface area (Å²) in [7, 11) is 0. The first-order valence-electron chi connectivity index (χ1n) is 10.9. The van der Waals surface area contributed by atoms with Crippen LogP contribution in [0.1, 0.15) is 19.4 Å². The number of nitrogens with one attached hydrogen (secondary N) is 1. The minimum Gasteiger partial charge on any atom is -0.455 e. The van der Waals surface area contributed by atoms with E-state index in [1.54, 1.807) is 0 Å². The Morgan fingerprint density at radius 3 is 2.28 bits per heavy atom. The molecule has 0 aliphatic heterocycles. The molecule has 156 valence electrons. The van der Waals surface area contributed by atoms with Crippen molar-refractivity contribution in [2.45, 2.75) is 13.8 Å². The molecule has 0 saturated carbocycles. The molecule has 0 atom stereocenters. The van der Waals surface area contributed by atoms with Gasteiger partial charge in [-0.3, -0.25) is 0 Å². The maximum absolute atomic E-state index is 6.19. The van der Waals surface area contributed by atoms with E-state index in [2.05, 4.69) is 110 Å². The van der Waals surface area contributed by atoms with Crippen LogP contribution in [-0.2, 0) is 0 Å². The van der Waals surface area contributed by atoms with Gasteiger partial charge < -0.3 is 9.73 Å². The van der Waals surface area contributed by atoms with Crippen LogP contribution in [0.3, 0.4) is 0 Å². The van der Waals surface area contributed by atoms with Crippen molar-refractivity contribution in [1.82, 2.24) is 0 Å². The molecule has 0 unspecified atom stereocenters. The van der Waals surface area contributed by atoms with E-state index in [9.17, 15) is 0 Å². The number of allylic oxidation sites excluding steroid dienone is 4. The van der Waals surface area contributed by atoms with E-state index < -0.39 is 0 Å². The van der Waals surface area contributed by atoms with Gasteiger partial charge in [0.2, 0.25) is 0 Å². The van der Waals surface area contributed by atoms with E-state index in [1.807, 2.05) is 18.2 Å². The third-order valence-electron chi connectivity index (χ3n) is 5.76. The lowest BCUT2D eigenvalue weighted by Crippen LogP contribution is -1.97. The lowest BCUT2D eigenvalue weighted by Gasteiger charge is -2.12. The summed E-state index contributed by atoms with van der Waals surface area (Å²) in [5, 5.41) is 5.88. The molecule has 0 fully saturated rings. The van der Waals surface area contributed by atoms with Crippen molar-refractivity contribution in [3.63, 3.8) is 0 Å². The Hall–Kier alpha value is -4.04. The van der Waals surface area contributed by atoms with Gasteiger partial charge in [-0.2, -0.15) is 0 Å². The molecule has 4 aromatic carbocycles. The average Bonchev–Trinajstić information content (AvgIpc) is 3.22. The molecular weight excluding hydrogens is 390 g/mol. The monoisotopic (exact) mass is 415 g/mol. The predicted octanol–water partition coefficient (Wildman–Crippen LogP) is 8.67. The Morgan fingerprint density at radius 2 is 1.41 bits per heavy atom. The van der Waals surface area contributed by atoms with E-state index in [4.69, 9.17) is 4.42 Å². The molecular formula is C30H25NO. The standard InChI is InChI=1S/C30H25NO/c1-21(24-15-10-16-27-26-14-7-9-18-29(26)32-30(24)27)19-20-22(2)31-28-17-8-6-13-25(28)23-11-4-3-5-12-23/h3-20,31H,1-2H3/b21-19+,22-20+. The summed E-state index contributed by atoms with van der Waals surface area (Å²) in [6.07, 6.45) is 4.27. The Morgan fingerprint density at radius 1 is 0.688 bits per heavy atom. The fourth-order valence-electron chi connectivity index (χ4n) is 4.11. The highest BCUT2D eigenvalue weighted by Crippen LogP contribution is 2.33. The molecule has 1 heterocycles. The number of furan rings is 1. The second-order valence-electron chi connectivity index (χ2n) is 8.02. The summed E-state index contributed by atoms with van der Waals surface area (Å²) < 4.78 is 6.19. The normalized spacial score (nSPS) is 12.4. The molecule has 2 heteroatoms. The van der Waals surface area contributed by atoms with Gasteiger partial charge >= 0.3 is 0 Å². The van der Waals surface area contributed by atoms with Gasteiger partial charge in [0.25, 0.3) is 0 Å². The van der Waals surface area contributed by atoms with Gasteiger partial charge in [0, 0.05) is 33.3 Å². The Balaban J connectivity index is 1.45. The van der Waals surface area contributed by atoms with Gasteiger partial charge in [-0.15, -0.1) is 0 Å². The third kappa shape index (κ3) is 3.83. The summed E-state index contributed by atoms with van der Waals surface area (Å²) in [5.41, 5.74) is 8.70. The lowest BCUT2D eigenvalue weighted by atomic mass is 10.0. The van der Waals surface area contributed by atoms with Crippen LogP contribution in [0, 0.1) is 0 Å². The number of anilines is 1. The van der Waals surface area contributed by atoms with Crippen molar-refractivity contribution < 1.29 is 4.42 Å². The van der Waals surface area contributed by atoms with Crippen molar-refractivity contribution in [3.05, 3.63) is 120 Å². The first-order chi connectivity index (χ1) is 15.7. The fraction of sp³-hybridized carbons (Fsp3) is 0.0667. The average molecular weight is 416 g/mol. The minimum absolute atomic E-state index is 0.925. The molecule has 0 radical (unpaired) electrons. The van der Waals surface area contributed by atoms with Gasteiger partial charge in [0.05, 0.1) is 0 Å². The first-order valence-corrected chi connectivity index (χ1v) is 10.9. The summed E-state index contributed by atoms with van der Waals surface area (Å²) in [4.78, 5) is 0. The molecule has 32 heavy (non-hydrogen) atoms. The Bertz CT molecular complexity index is 1450. The number of hydrogen-bond acceptors (Lipinski definition) is 2. The molecule has 0 saturated heterocycles. The summed E-state index contributed by atoms with van der Waals surface area (Å²) >= 11 is 0. The first kappa shape index (κ1) is 19.9. The maximum atomic E-state index is 6.19. The van der Waals surface area contributed by atoms with Gasteiger partial charge in [-0.05, 0) is 43.2 Å². The summed E-state index contributed by atoms with van der Waals surface area (Å²) in [6, 6.07) is 33.4. The molecule has 0 spiro atoms. The van der Waals surface area contributed by atoms with Crippen molar-refractivity contribution >= 4 is 33.2 Å². The highest BCUT2D eigenvalue weighted by atomic mass is 16.3. The lowest BCUT2D eigenvalue weighted by molar-refractivity contribution is 0.667. The summed E-state index contributed by atoms with van der Waals surface area (Å²) in [6.45, 7) is 4.22. The van der Waals surface area contributed by atoms with Gasteiger partial charge in [-0.1, -0.05) is 91.0 Å². The summed E-state index contributed by atoms with van der Waals surface area (Å²) in [5.74, 6) is 0. The molecule has 0 bridgehead atoms. The highest BCUT2D eigenvalue weighted by Gasteiger charge is 2.11. The number of benzene rings is 4. The zero-order valence-corrected chi connectivity index (χ0v) is 18.3. The fourth-order valence-corrected chi connectivity index (χ4v) is 4.11. The van der Waals surface area contributed by atoms with Crippen LogP contribution in [0.2, 0.25) is 0 Å². The van der Waals surface area contributed by atoms with Gasteiger partial charge in [-0.25, -0.2) is 0 Å². The molecule has 2 nitrogen and oxygen atoms in total. The molecule has 1 aromatic heterocycles. The second-order valence-corrected chi connectivity index (χ2v) is 8.02. The quantitative estimate of drug-likeness (QED) is 0.290. The molecule has 0 amide bonds.